The number of carbonyl (C=O) groups excluding carboxylic acids is 1. The molecule has 0 bridgehead atoms. The molecule has 1 aliphatic rings. The third kappa shape index (κ3) is 4.55. The molecule has 0 spiro atoms. The van der Waals surface area contributed by atoms with Crippen LogP contribution in [0.25, 0.3) is 0 Å². The van der Waals surface area contributed by atoms with Gasteiger partial charge in [-0.2, -0.15) is 0 Å². The lowest BCUT2D eigenvalue weighted by atomic mass is 10.1. The summed E-state index contributed by atoms with van der Waals surface area (Å²) in [5.74, 6) is -3.53. The summed E-state index contributed by atoms with van der Waals surface area (Å²) in [7, 11) is 1.33. The Bertz CT molecular complexity index is 1080. The normalized spacial score (nSPS) is 19.1. The first-order chi connectivity index (χ1) is 15.0. The average molecular weight is 493 g/mol. The number of hydrogen-bond acceptors (Lipinski definition) is 4. The van der Waals surface area contributed by atoms with E-state index in [0.29, 0.717) is 0 Å². The van der Waals surface area contributed by atoms with E-state index >= 15 is 4.39 Å². The zero-order valence-corrected chi connectivity index (χ0v) is 18.1. The number of carboxylic acid groups (broad SMARTS) is 1. The summed E-state index contributed by atoms with van der Waals surface area (Å²) >= 11 is 2.88. The van der Waals surface area contributed by atoms with Crippen molar-refractivity contribution in [3.63, 3.8) is 0 Å². The third-order valence-electron chi connectivity index (χ3n) is 5.11. The number of aliphatic hydroxyl groups excluding tert-OH is 1. The van der Waals surface area contributed by atoms with Crippen LogP contribution >= 0.6 is 11.6 Å². The van der Waals surface area contributed by atoms with Gasteiger partial charge >= 0.3 is 6.09 Å². The van der Waals surface area contributed by atoms with Crippen molar-refractivity contribution in [2.24, 2.45) is 13.0 Å². The summed E-state index contributed by atoms with van der Waals surface area (Å²) < 4.78 is 52.4. The Kier molecular flexibility index (Phi) is 7.03. The average Bonchev–Trinajstić information content (AvgIpc) is 3.26. The second-order valence-electron chi connectivity index (χ2n) is 7.12. The molecule has 0 radical (unpaired) electrons. The number of rotatable bonds is 6. The first kappa shape index (κ1) is 23.9. The van der Waals surface area contributed by atoms with Crippen LogP contribution in [0.1, 0.15) is 10.5 Å². The molecule has 1 aromatic carbocycles. The van der Waals surface area contributed by atoms with Gasteiger partial charge in [-0.3, -0.25) is 13.7 Å². The number of amides is 2. The molecule has 0 saturated carbocycles. The lowest BCUT2D eigenvalue weighted by molar-refractivity contribution is 0.101. The van der Waals surface area contributed by atoms with E-state index in [9.17, 15) is 33.0 Å². The van der Waals surface area contributed by atoms with Gasteiger partial charge < -0.3 is 25.0 Å². The maximum atomic E-state index is 15.3. The number of aliphatic hydroxyl groups is 1. The van der Waals surface area contributed by atoms with E-state index in [2.05, 4.69) is 5.32 Å². The molecular weight excluding hydrogens is 474 g/mol. The summed E-state index contributed by atoms with van der Waals surface area (Å²) in [6, 6.07) is 2.35. The van der Waals surface area contributed by atoms with Crippen molar-refractivity contribution in [1.29, 1.82) is 0 Å². The maximum absolute atomic E-state index is 15.3. The first-order valence-electron chi connectivity index (χ1n) is 9.15. The lowest BCUT2D eigenvalue weighted by Crippen LogP contribution is -2.43. The van der Waals surface area contributed by atoms with E-state index in [-0.39, 0.29) is 23.8 Å². The zero-order chi connectivity index (χ0) is 23.7. The fourth-order valence-corrected chi connectivity index (χ4v) is 4.54. The molecule has 1 aliphatic heterocycles. The minimum Gasteiger partial charge on any atom is -0.465 e. The predicted octanol–water partition coefficient (Wildman–Crippen LogP) is 2.12. The molecular formula is C18H19ClF2N4O6S. The van der Waals surface area contributed by atoms with Crippen LogP contribution in [0.4, 0.5) is 25.0 Å². The van der Waals surface area contributed by atoms with Crippen LogP contribution in [0.5, 0.6) is 0 Å². The van der Waals surface area contributed by atoms with Crippen LogP contribution in [0.3, 0.4) is 0 Å². The van der Waals surface area contributed by atoms with E-state index < -0.39 is 64.8 Å². The number of hydrogen-bond donors (Lipinski definition) is 4. The van der Waals surface area contributed by atoms with Crippen LogP contribution < -0.4 is 9.62 Å². The highest BCUT2D eigenvalue weighted by atomic mass is 35.5. The van der Waals surface area contributed by atoms with Crippen molar-refractivity contribution in [2.45, 2.75) is 6.04 Å². The van der Waals surface area contributed by atoms with Gasteiger partial charge in [0.15, 0.2) is 5.82 Å². The molecule has 14 heteroatoms. The fraction of sp³-hybridized carbons (Fsp3) is 0.333. The SMILES string of the molecule is Cn1cc(N(C2CN(C(=O)O)CC2CO)S(=O)O)c(F)c1C(=O)Nc1ccc(F)c(Cl)c1. The van der Waals surface area contributed by atoms with Crippen molar-refractivity contribution in [1.82, 2.24) is 9.47 Å². The van der Waals surface area contributed by atoms with E-state index in [0.717, 1.165) is 32.1 Å². The highest BCUT2D eigenvalue weighted by Crippen LogP contribution is 2.33. The van der Waals surface area contributed by atoms with Gasteiger partial charge in [0.1, 0.15) is 17.2 Å². The molecule has 3 atom stereocenters. The number of carbonyl (C=O) groups is 2. The standard InChI is InChI=1S/C18H19ClF2N4O6S/c1-23-6-14(25(32(30)31)13-7-24(18(28)29)5-9(13)8-26)15(21)16(23)17(27)22-10-2-3-12(20)11(19)4-10/h2-4,6,9,13,26H,5,7-8H2,1H3,(H,22,27)(H,28,29)(H,30,31). The van der Waals surface area contributed by atoms with E-state index in [1.54, 1.807) is 0 Å². The lowest BCUT2D eigenvalue weighted by Gasteiger charge is -2.28. The van der Waals surface area contributed by atoms with Gasteiger partial charge in [0.05, 0.1) is 11.1 Å². The minimum atomic E-state index is -2.80. The summed E-state index contributed by atoms with van der Waals surface area (Å²) in [4.78, 5) is 24.9. The Balaban J connectivity index is 1.94. The number of nitrogens with one attached hydrogen (secondary N) is 1. The number of aromatic nitrogens is 1. The summed E-state index contributed by atoms with van der Waals surface area (Å²) in [6.07, 6.45) is -0.186. The smallest absolute Gasteiger partial charge is 0.407 e. The largest absolute Gasteiger partial charge is 0.465 e. The second kappa shape index (κ2) is 9.40. The van der Waals surface area contributed by atoms with E-state index in [4.69, 9.17) is 11.6 Å². The van der Waals surface area contributed by atoms with Crippen LogP contribution in [-0.4, -0.2) is 66.2 Å². The Morgan fingerprint density at radius 2 is 2.03 bits per heavy atom. The van der Waals surface area contributed by atoms with Crippen LogP contribution in [-0.2, 0) is 18.3 Å². The summed E-state index contributed by atoms with van der Waals surface area (Å²) in [6.45, 7) is -0.872. The van der Waals surface area contributed by atoms with Crippen molar-refractivity contribution < 1.29 is 37.3 Å². The number of anilines is 2. The number of likely N-dealkylation sites (tertiary alicyclic amines) is 1. The minimum absolute atomic E-state index is 0.0966. The molecule has 10 nitrogen and oxygen atoms in total. The third-order valence-corrected chi connectivity index (χ3v) is 6.21. The summed E-state index contributed by atoms with van der Waals surface area (Å²) in [5.41, 5.74) is -0.824. The van der Waals surface area contributed by atoms with Gasteiger partial charge in [-0.25, -0.2) is 17.8 Å². The van der Waals surface area contributed by atoms with Crippen molar-refractivity contribution in [3.05, 3.63) is 46.7 Å². The molecule has 3 rings (SSSR count). The number of halogens is 3. The molecule has 32 heavy (non-hydrogen) atoms. The van der Waals surface area contributed by atoms with Gasteiger partial charge in [0.2, 0.25) is 0 Å². The van der Waals surface area contributed by atoms with Gasteiger partial charge in [-0.1, -0.05) is 11.6 Å². The molecule has 1 aromatic heterocycles. The van der Waals surface area contributed by atoms with Gasteiger partial charge in [-0.15, -0.1) is 0 Å². The molecule has 2 aromatic rings. The Labute approximate surface area is 188 Å². The van der Waals surface area contributed by atoms with Gasteiger partial charge in [0, 0.05) is 44.5 Å². The van der Waals surface area contributed by atoms with Crippen LogP contribution in [0, 0.1) is 17.6 Å². The predicted molar refractivity (Wildman–Crippen MR) is 112 cm³/mol. The molecule has 3 unspecified atom stereocenters. The van der Waals surface area contributed by atoms with Crippen LogP contribution in [0.15, 0.2) is 24.4 Å². The molecule has 0 aliphatic carbocycles. The van der Waals surface area contributed by atoms with Crippen molar-refractivity contribution in [3.8, 4) is 0 Å². The number of nitrogens with zero attached hydrogens (tertiary/aromatic N) is 3. The quantitative estimate of drug-likeness (QED) is 0.456. The molecule has 174 valence electrons. The van der Waals surface area contributed by atoms with Gasteiger partial charge in [-0.05, 0) is 18.2 Å². The Hall–Kier alpha value is -2.74. The number of benzene rings is 1. The summed E-state index contributed by atoms with van der Waals surface area (Å²) in [5, 5.41) is 20.9. The highest BCUT2D eigenvalue weighted by Gasteiger charge is 2.42. The molecule has 4 N–H and O–H groups in total. The zero-order valence-electron chi connectivity index (χ0n) is 16.5. The van der Waals surface area contributed by atoms with Crippen LogP contribution in [0.2, 0.25) is 5.02 Å². The molecule has 1 saturated heterocycles. The highest BCUT2D eigenvalue weighted by molar-refractivity contribution is 7.80. The molecule has 1 fully saturated rings. The second-order valence-corrected chi connectivity index (χ2v) is 8.39. The molecule has 2 amide bonds. The van der Waals surface area contributed by atoms with E-state index in [1.165, 1.54) is 13.1 Å². The number of aryl methyl sites for hydroxylation is 1. The maximum Gasteiger partial charge on any atom is 0.407 e. The van der Waals surface area contributed by atoms with Gasteiger partial charge in [0.25, 0.3) is 17.2 Å². The monoisotopic (exact) mass is 492 g/mol. The fourth-order valence-electron chi connectivity index (χ4n) is 3.59. The Morgan fingerprint density at radius 3 is 2.59 bits per heavy atom. The van der Waals surface area contributed by atoms with E-state index in [1.807, 2.05) is 0 Å². The first-order valence-corrected chi connectivity index (χ1v) is 10.6. The van der Waals surface area contributed by atoms with Crippen molar-refractivity contribution >= 4 is 46.2 Å². The topological polar surface area (TPSA) is 135 Å². The van der Waals surface area contributed by atoms with Crippen molar-refractivity contribution in [2.75, 3.05) is 29.3 Å². The molecule has 2 heterocycles. The Morgan fingerprint density at radius 1 is 1.34 bits per heavy atom.